The summed E-state index contributed by atoms with van der Waals surface area (Å²) in [5, 5.41) is 5.11. The fraction of sp³-hybridized carbons (Fsp3) is 0.636. The molecule has 1 aromatic heterocycles. The average molecular weight is 288 g/mol. The molecule has 0 spiro atoms. The predicted molar refractivity (Wildman–Crippen MR) is 67.9 cm³/mol. The van der Waals surface area contributed by atoms with Gasteiger partial charge in [0.25, 0.3) is 5.91 Å². The molecule has 0 bridgehead atoms. The fourth-order valence-electron chi connectivity index (χ4n) is 1.63. The van der Waals surface area contributed by atoms with Crippen molar-refractivity contribution in [3.8, 4) is 0 Å². The van der Waals surface area contributed by atoms with E-state index in [1.165, 1.54) is 0 Å². The number of carbonyl (C=O) groups is 1. The number of aromatic nitrogens is 2. The first-order chi connectivity index (χ1) is 7.60. The Morgan fingerprint density at radius 2 is 2.31 bits per heavy atom. The summed E-state index contributed by atoms with van der Waals surface area (Å²) in [7, 11) is 1.80. The molecule has 1 rings (SSSR count). The molecule has 0 fully saturated rings. The molecule has 0 N–H and O–H groups in total. The molecule has 0 aliphatic carbocycles. The van der Waals surface area contributed by atoms with Crippen molar-refractivity contribution >= 4 is 21.8 Å². The second-order valence-electron chi connectivity index (χ2n) is 3.72. The Bertz CT molecular complexity index is 362. The second-order valence-corrected chi connectivity index (χ2v) is 4.51. The van der Waals surface area contributed by atoms with E-state index in [0.29, 0.717) is 5.69 Å². The molecule has 0 aliphatic heterocycles. The van der Waals surface area contributed by atoms with Crippen molar-refractivity contribution < 1.29 is 4.79 Å². The minimum atomic E-state index is 0.0616. The average Bonchev–Trinajstić information content (AvgIpc) is 2.58. The lowest BCUT2D eigenvalue weighted by molar-refractivity contribution is 0.0754. The summed E-state index contributed by atoms with van der Waals surface area (Å²) in [4.78, 5) is 14.0. The summed E-state index contributed by atoms with van der Waals surface area (Å²) >= 11 is 3.38. The fourth-order valence-corrected chi connectivity index (χ4v) is 1.88. The van der Waals surface area contributed by atoms with Gasteiger partial charge in [-0.15, -0.1) is 0 Å². The Hall–Kier alpha value is -0.840. The van der Waals surface area contributed by atoms with E-state index in [4.69, 9.17) is 0 Å². The van der Waals surface area contributed by atoms with Crippen LogP contribution in [0.3, 0.4) is 0 Å². The Morgan fingerprint density at radius 1 is 1.62 bits per heavy atom. The number of alkyl halides is 1. The van der Waals surface area contributed by atoms with E-state index in [0.717, 1.165) is 30.5 Å². The molecule has 5 heteroatoms. The van der Waals surface area contributed by atoms with Crippen LogP contribution in [-0.4, -0.2) is 39.0 Å². The Labute approximate surface area is 105 Å². The highest BCUT2D eigenvalue weighted by Crippen LogP contribution is 2.07. The molecule has 0 saturated carbocycles. The van der Waals surface area contributed by atoms with Gasteiger partial charge >= 0.3 is 0 Å². The number of carbonyl (C=O) groups excluding carboxylic acids is 1. The number of nitrogens with zero attached hydrogens (tertiary/aromatic N) is 3. The second kappa shape index (κ2) is 6.03. The smallest absolute Gasteiger partial charge is 0.272 e. The van der Waals surface area contributed by atoms with Crippen molar-refractivity contribution in [1.82, 2.24) is 14.7 Å². The molecule has 4 nitrogen and oxygen atoms in total. The monoisotopic (exact) mass is 287 g/mol. The summed E-state index contributed by atoms with van der Waals surface area (Å²) in [6.45, 7) is 5.40. The quantitative estimate of drug-likeness (QED) is 0.777. The van der Waals surface area contributed by atoms with E-state index in [-0.39, 0.29) is 5.91 Å². The summed E-state index contributed by atoms with van der Waals surface area (Å²) in [6.07, 6.45) is 0.969. The third-order valence-corrected chi connectivity index (χ3v) is 3.01. The van der Waals surface area contributed by atoms with Gasteiger partial charge in [-0.05, 0) is 26.3 Å². The van der Waals surface area contributed by atoms with Crippen LogP contribution in [-0.2, 0) is 7.05 Å². The first kappa shape index (κ1) is 13.2. The molecule has 0 atom stereocenters. The number of rotatable bonds is 5. The van der Waals surface area contributed by atoms with Crippen molar-refractivity contribution in [3.05, 3.63) is 17.5 Å². The minimum Gasteiger partial charge on any atom is -0.338 e. The molecule has 1 aromatic rings. The van der Waals surface area contributed by atoms with Crippen LogP contribution in [0.5, 0.6) is 0 Å². The van der Waals surface area contributed by atoms with Crippen LogP contribution >= 0.6 is 15.9 Å². The highest BCUT2D eigenvalue weighted by atomic mass is 79.9. The zero-order valence-electron chi connectivity index (χ0n) is 10.0. The van der Waals surface area contributed by atoms with Crippen molar-refractivity contribution in [3.63, 3.8) is 0 Å². The lowest BCUT2D eigenvalue weighted by atomic mass is 10.3. The number of amides is 1. The first-order valence-corrected chi connectivity index (χ1v) is 6.58. The Morgan fingerprint density at radius 3 is 2.75 bits per heavy atom. The van der Waals surface area contributed by atoms with Crippen LogP contribution in [0, 0.1) is 6.92 Å². The van der Waals surface area contributed by atoms with Gasteiger partial charge in [-0.2, -0.15) is 5.10 Å². The van der Waals surface area contributed by atoms with E-state index in [9.17, 15) is 4.79 Å². The Balaban J connectivity index is 2.78. The van der Waals surface area contributed by atoms with Crippen LogP contribution in [0.25, 0.3) is 0 Å². The first-order valence-electron chi connectivity index (χ1n) is 5.46. The topological polar surface area (TPSA) is 38.1 Å². The molecular formula is C11H18BrN3O. The van der Waals surface area contributed by atoms with E-state index in [2.05, 4.69) is 21.0 Å². The zero-order valence-corrected chi connectivity index (χ0v) is 11.6. The number of aryl methyl sites for hydroxylation is 2. The van der Waals surface area contributed by atoms with Crippen molar-refractivity contribution in [2.75, 3.05) is 18.4 Å². The lowest BCUT2D eigenvalue weighted by Crippen LogP contribution is -2.33. The minimum absolute atomic E-state index is 0.0616. The van der Waals surface area contributed by atoms with Crippen molar-refractivity contribution in [1.29, 1.82) is 0 Å². The summed E-state index contributed by atoms with van der Waals surface area (Å²) in [5.41, 5.74) is 1.54. The Kier molecular flexibility index (Phi) is 4.99. The van der Waals surface area contributed by atoms with Crippen LogP contribution in [0.2, 0.25) is 0 Å². The third-order valence-electron chi connectivity index (χ3n) is 2.45. The maximum Gasteiger partial charge on any atom is 0.272 e. The summed E-state index contributed by atoms with van der Waals surface area (Å²) < 4.78 is 1.65. The molecule has 16 heavy (non-hydrogen) atoms. The van der Waals surface area contributed by atoms with Crippen LogP contribution < -0.4 is 0 Å². The number of hydrogen-bond acceptors (Lipinski definition) is 2. The standard InChI is InChI=1S/C11H18BrN3O/c1-4-15(7-5-6-12)11(16)10-8-9(2)13-14(10)3/h8H,4-7H2,1-3H3. The zero-order chi connectivity index (χ0) is 12.1. The molecule has 0 saturated heterocycles. The van der Waals surface area contributed by atoms with E-state index in [1.807, 2.05) is 24.8 Å². The van der Waals surface area contributed by atoms with Gasteiger partial charge in [0.1, 0.15) is 5.69 Å². The van der Waals surface area contributed by atoms with Crippen molar-refractivity contribution in [2.24, 2.45) is 7.05 Å². The number of halogens is 1. The molecule has 0 unspecified atom stereocenters. The molecular weight excluding hydrogens is 270 g/mol. The van der Waals surface area contributed by atoms with Gasteiger partial charge < -0.3 is 4.90 Å². The van der Waals surface area contributed by atoms with Gasteiger partial charge in [0.15, 0.2) is 0 Å². The van der Waals surface area contributed by atoms with E-state index < -0.39 is 0 Å². The molecule has 1 amide bonds. The highest BCUT2D eigenvalue weighted by molar-refractivity contribution is 9.09. The van der Waals surface area contributed by atoms with Gasteiger partial charge in [0.05, 0.1) is 5.69 Å². The van der Waals surface area contributed by atoms with Crippen LogP contribution in [0.15, 0.2) is 6.07 Å². The number of hydrogen-bond donors (Lipinski definition) is 0. The van der Waals surface area contributed by atoms with Gasteiger partial charge in [-0.3, -0.25) is 9.48 Å². The van der Waals surface area contributed by atoms with Gasteiger partial charge in [-0.25, -0.2) is 0 Å². The lowest BCUT2D eigenvalue weighted by Gasteiger charge is -2.20. The molecule has 90 valence electrons. The molecule has 0 aromatic carbocycles. The van der Waals surface area contributed by atoms with Gasteiger partial charge in [-0.1, -0.05) is 15.9 Å². The van der Waals surface area contributed by atoms with E-state index >= 15 is 0 Å². The van der Waals surface area contributed by atoms with Gasteiger partial charge in [0.2, 0.25) is 0 Å². The third kappa shape index (κ3) is 3.07. The predicted octanol–water partition coefficient (Wildman–Crippen LogP) is 1.98. The maximum absolute atomic E-state index is 12.2. The molecule has 0 aliphatic rings. The summed E-state index contributed by atoms with van der Waals surface area (Å²) in [5.74, 6) is 0.0616. The highest BCUT2D eigenvalue weighted by Gasteiger charge is 2.17. The molecule has 0 radical (unpaired) electrons. The van der Waals surface area contributed by atoms with E-state index in [1.54, 1.807) is 11.7 Å². The SMILES string of the molecule is CCN(CCCBr)C(=O)c1cc(C)nn1C. The van der Waals surface area contributed by atoms with Crippen molar-refractivity contribution in [2.45, 2.75) is 20.3 Å². The van der Waals surface area contributed by atoms with Crippen LogP contribution in [0.4, 0.5) is 0 Å². The molecule has 1 heterocycles. The van der Waals surface area contributed by atoms with Gasteiger partial charge in [0, 0.05) is 25.5 Å². The maximum atomic E-state index is 12.2. The summed E-state index contributed by atoms with van der Waals surface area (Å²) in [6, 6.07) is 1.83. The largest absolute Gasteiger partial charge is 0.338 e. The van der Waals surface area contributed by atoms with Crippen LogP contribution in [0.1, 0.15) is 29.5 Å². The normalized spacial score (nSPS) is 10.5.